The summed E-state index contributed by atoms with van der Waals surface area (Å²) in [4.78, 5) is 12.0. The van der Waals surface area contributed by atoms with Gasteiger partial charge in [0.25, 0.3) is 5.91 Å². The van der Waals surface area contributed by atoms with Crippen LogP contribution in [0.25, 0.3) is 0 Å². The van der Waals surface area contributed by atoms with E-state index < -0.39 is 27.5 Å². The normalized spacial score (nSPS) is 12.0. The molecule has 4 nitrogen and oxygen atoms in total. The van der Waals surface area contributed by atoms with Gasteiger partial charge in [-0.25, -0.2) is 8.42 Å². The Morgan fingerprint density at radius 3 is 2.38 bits per heavy atom. The Labute approximate surface area is 137 Å². The van der Waals surface area contributed by atoms with Crippen molar-refractivity contribution in [1.29, 1.82) is 0 Å². The van der Waals surface area contributed by atoms with Gasteiger partial charge in [-0.05, 0) is 29.8 Å². The van der Waals surface area contributed by atoms with Crippen LogP contribution in [0.3, 0.4) is 0 Å². The Hall–Kier alpha value is -2.35. The lowest BCUT2D eigenvalue weighted by Gasteiger charge is -2.11. The predicted molar refractivity (Wildman–Crippen MR) is 82.2 cm³/mol. The van der Waals surface area contributed by atoms with Gasteiger partial charge in [-0.2, -0.15) is 13.2 Å². The van der Waals surface area contributed by atoms with Crippen molar-refractivity contribution in [3.8, 4) is 0 Å². The zero-order valence-electron chi connectivity index (χ0n) is 12.6. The van der Waals surface area contributed by atoms with Crippen molar-refractivity contribution < 1.29 is 26.4 Å². The minimum Gasteiger partial charge on any atom is -0.348 e. The summed E-state index contributed by atoms with van der Waals surface area (Å²) in [6.07, 6.45) is -3.49. The van der Waals surface area contributed by atoms with E-state index in [1.165, 1.54) is 36.4 Å². The van der Waals surface area contributed by atoms with Gasteiger partial charge in [0.1, 0.15) is 0 Å². The topological polar surface area (TPSA) is 63.2 Å². The number of hydrogen-bond acceptors (Lipinski definition) is 3. The lowest BCUT2D eigenvalue weighted by atomic mass is 10.1. The van der Waals surface area contributed by atoms with E-state index >= 15 is 0 Å². The third kappa shape index (κ3) is 4.35. The van der Waals surface area contributed by atoms with Crippen LogP contribution in [0.4, 0.5) is 13.2 Å². The average Bonchev–Trinajstić information content (AvgIpc) is 2.51. The Bertz CT molecular complexity index is 861. The summed E-state index contributed by atoms with van der Waals surface area (Å²) in [7, 11) is -3.60. The van der Waals surface area contributed by atoms with Crippen molar-refractivity contribution in [2.45, 2.75) is 17.6 Å². The van der Waals surface area contributed by atoms with Crippen LogP contribution in [0.2, 0.25) is 0 Å². The SMILES string of the molecule is CS(=O)(=O)c1ccccc1C(=O)NCc1cccc(C(F)(F)F)c1. The van der Waals surface area contributed by atoms with Crippen molar-refractivity contribution in [2.24, 2.45) is 0 Å². The second-order valence-corrected chi connectivity index (χ2v) is 7.13. The first kappa shape index (κ1) is 18.0. The molecule has 1 N–H and O–H groups in total. The van der Waals surface area contributed by atoms with Gasteiger partial charge in [-0.15, -0.1) is 0 Å². The molecule has 0 fully saturated rings. The summed E-state index contributed by atoms with van der Waals surface area (Å²) in [5.41, 5.74) is -0.604. The molecule has 0 atom stereocenters. The molecule has 0 bridgehead atoms. The van der Waals surface area contributed by atoms with Crippen molar-refractivity contribution in [3.05, 3.63) is 65.2 Å². The fourth-order valence-corrected chi connectivity index (χ4v) is 3.00. The summed E-state index contributed by atoms with van der Waals surface area (Å²) < 4.78 is 61.4. The molecule has 0 aliphatic heterocycles. The Balaban J connectivity index is 2.18. The number of benzene rings is 2. The number of rotatable bonds is 4. The van der Waals surface area contributed by atoms with Crippen LogP contribution < -0.4 is 5.32 Å². The number of carbonyl (C=O) groups is 1. The molecule has 0 aromatic heterocycles. The number of carbonyl (C=O) groups excluding carboxylic acids is 1. The summed E-state index contributed by atoms with van der Waals surface area (Å²) in [6.45, 7) is -0.152. The van der Waals surface area contributed by atoms with E-state index in [-0.39, 0.29) is 22.6 Å². The molecule has 0 saturated heterocycles. The van der Waals surface area contributed by atoms with Gasteiger partial charge in [-0.3, -0.25) is 4.79 Å². The van der Waals surface area contributed by atoms with Crippen LogP contribution >= 0.6 is 0 Å². The van der Waals surface area contributed by atoms with Gasteiger partial charge < -0.3 is 5.32 Å². The molecule has 24 heavy (non-hydrogen) atoms. The number of amides is 1. The second kappa shape index (κ2) is 6.64. The van der Waals surface area contributed by atoms with E-state index in [9.17, 15) is 26.4 Å². The minimum atomic E-state index is -4.47. The van der Waals surface area contributed by atoms with Crippen LogP contribution in [-0.4, -0.2) is 20.6 Å². The highest BCUT2D eigenvalue weighted by molar-refractivity contribution is 7.90. The summed E-state index contributed by atoms with van der Waals surface area (Å²) in [6, 6.07) is 10.2. The first-order chi connectivity index (χ1) is 11.1. The first-order valence-electron chi connectivity index (χ1n) is 6.82. The maximum atomic E-state index is 12.7. The number of nitrogens with one attached hydrogen (secondary N) is 1. The predicted octanol–water partition coefficient (Wildman–Crippen LogP) is 3.04. The van der Waals surface area contributed by atoms with Gasteiger partial charge in [0.2, 0.25) is 0 Å². The third-order valence-electron chi connectivity index (χ3n) is 3.24. The molecule has 0 heterocycles. The maximum Gasteiger partial charge on any atom is 0.416 e. The van der Waals surface area contributed by atoms with E-state index in [0.717, 1.165) is 18.4 Å². The molecule has 8 heteroatoms. The lowest BCUT2D eigenvalue weighted by molar-refractivity contribution is -0.137. The Morgan fingerprint density at radius 2 is 1.75 bits per heavy atom. The molecule has 2 aromatic carbocycles. The van der Waals surface area contributed by atoms with Crippen LogP contribution in [0.1, 0.15) is 21.5 Å². The molecule has 2 rings (SSSR count). The number of alkyl halides is 3. The molecule has 0 spiro atoms. The molecular formula is C16H14F3NO3S. The molecule has 0 aliphatic carbocycles. The van der Waals surface area contributed by atoms with E-state index in [4.69, 9.17) is 0 Å². The zero-order chi connectivity index (χ0) is 18.0. The van der Waals surface area contributed by atoms with Crippen molar-refractivity contribution in [2.75, 3.05) is 6.26 Å². The van der Waals surface area contributed by atoms with Gasteiger partial charge in [-0.1, -0.05) is 24.3 Å². The quantitative estimate of drug-likeness (QED) is 0.915. The maximum absolute atomic E-state index is 12.7. The highest BCUT2D eigenvalue weighted by Gasteiger charge is 2.30. The van der Waals surface area contributed by atoms with Crippen LogP contribution in [0.15, 0.2) is 53.4 Å². The number of sulfone groups is 1. The van der Waals surface area contributed by atoms with Gasteiger partial charge in [0.05, 0.1) is 16.0 Å². The number of hydrogen-bond donors (Lipinski definition) is 1. The fraction of sp³-hybridized carbons (Fsp3) is 0.188. The summed E-state index contributed by atoms with van der Waals surface area (Å²) >= 11 is 0. The van der Waals surface area contributed by atoms with Crippen molar-refractivity contribution in [1.82, 2.24) is 5.32 Å². The monoisotopic (exact) mass is 357 g/mol. The van der Waals surface area contributed by atoms with E-state index in [1.807, 2.05) is 0 Å². The lowest BCUT2D eigenvalue weighted by Crippen LogP contribution is -2.24. The van der Waals surface area contributed by atoms with Crippen LogP contribution in [0, 0.1) is 0 Å². The minimum absolute atomic E-state index is 0.0491. The largest absolute Gasteiger partial charge is 0.416 e. The molecule has 128 valence electrons. The Morgan fingerprint density at radius 1 is 1.08 bits per heavy atom. The zero-order valence-corrected chi connectivity index (χ0v) is 13.4. The second-order valence-electron chi connectivity index (χ2n) is 5.15. The van der Waals surface area contributed by atoms with Crippen molar-refractivity contribution in [3.63, 3.8) is 0 Å². The molecule has 0 saturated carbocycles. The number of halogens is 3. The molecule has 0 unspecified atom stereocenters. The summed E-state index contributed by atoms with van der Waals surface area (Å²) in [5.74, 6) is -0.673. The first-order valence-corrected chi connectivity index (χ1v) is 8.71. The van der Waals surface area contributed by atoms with Gasteiger partial charge in [0.15, 0.2) is 9.84 Å². The average molecular weight is 357 g/mol. The third-order valence-corrected chi connectivity index (χ3v) is 4.39. The van der Waals surface area contributed by atoms with E-state index in [0.29, 0.717) is 0 Å². The van der Waals surface area contributed by atoms with Crippen LogP contribution in [-0.2, 0) is 22.6 Å². The fourth-order valence-electron chi connectivity index (χ4n) is 2.11. The van der Waals surface area contributed by atoms with E-state index in [1.54, 1.807) is 0 Å². The molecule has 2 aromatic rings. The molecule has 1 amide bonds. The highest BCUT2D eigenvalue weighted by Crippen LogP contribution is 2.29. The van der Waals surface area contributed by atoms with Crippen molar-refractivity contribution >= 4 is 15.7 Å². The molecule has 0 radical (unpaired) electrons. The smallest absolute Gasteiger partial charge is 0.348 e. The van der Waals surface area contributed by atoms with Gasteiger partial charge >= 0.3 is 6.18 Å². The standard InChI is InChI=1S/C16H14F3NO3S/c1-24(22,23)14-8-3-2-7-13(14)15(21)20-10-11-5-4-6-12(9-11)16(17,18)19/h2-9H,10H2,1H3,(H,20,21). The highest BCUT2D eigenvalue weighted by atomic mass is 32.2. The van der Waals surface area contributed by atoms with Gasteiger partial charge in [0, 0.05) is 12.8 Å². The van der Waals surface area contributed by atoms with Crippen LogP contribution in [0.5, 0.6) is 0 Å². The molecule has 0 aliphatic rings. The summed E-state index contributed by atoms with van der Waals surface area (Å²) in [5, 5.41) is 2.44. The Kier molecular flexibility index (Phi) is 4.98. The molecular weight excluding hydrogens is 343 g/mol. The van der Waals surface area contributed by atoms with E-state index in [2.05, 4.69) is 5.32 Å².